The maximum atomic E-state index is 11.6. The summed E-state index contributed by atoms with van der Waals surface area (Å²) < 4.78 is 0. The van der Waals surface area contributed by atoms with Gasteiger partial charge in [0.15, 0.2) is 11.6 Å². The van der Waals surface area contributed by atoms with Crippen LogP contribution in [0.5, 0.6) is 0 Å². The standard InChI is InChI=1S/C11H16O2.C5H12.C4H10O.C4H10.C2H6.CH4O/c1-4-8(3)11(13)9-5-7(2)6-10(9)12;1-4-5(2)3;1-2-3-4-5;1-4(2)3;2*1-2/h5,7-8H,4,6H2,1-3H3;5H,4H2,1-3H3;5H,2-4H2,1H3;4H,1-3H3;1-2H3;2H,1H3. The van der Waals surface area contributed by atoms with Crippen LogP contribution in [0.2, 0.25) is 0 Å². The first-order valence-electron chi connectivity index (χ1n) is 12.3. The highest BCUT2D eigenvalue weighted by atomic mass is 16.3. The average molecular weight is 447 g/mol. The number of rotatable bonds is 6. The molecule has 0 saturated carbocycles. The topological polar surface area (TPSA) is 74.6 Å². The van der Waals surface area contributed by atoms with Gasteiger partial charge in [-0.3, -0.25) is 9.59 Å². The zero-order valence-electron chi connectivity index (χ0n) is 23.3. The van der Waals surface area contributed by atoms with Gasteiger partial charge in [0.2, 0.25) is 0 Å². The van der Waals surface area contributed by atoms with Gasteiger partial charge >= 0.3 is 0 Å². The van der Waals surface area contributed by atoms with Crippen molar-refractivity contribution < 1.29 is 19.8 Å². The second-order valence-electron chi connectivity index (χ2n) is 8.47. The van der Waals surface area contributed by atoms with Crippen molar-refractivity contribution in [2.24, 2.45) is 23.7 Å². The van der Waals surface area contributed by atoms with Gasteiger partial charge < -0.3 is 10.2 Å². The number of carbonyl (C=O) groups is 2. The van der Waals surface area contributed by atoms with Crippen molar-refractivity contribution in [3.8, 4) is 0 Å². The second kappa shape index (κ2) is 31.2. The van der Waals surface area contributed by atoms with Crippen LogP contribution < -0.4 is 0 Å². The van der Waals surface area contributed by atoms with Gasteiger partial charge in [-0.15, -0.1) is 0 Å². The maximum absolute atomic E-state index is 11.6. The van der Waals surface area contributed by atoms with Gasteiger partial charge in [0.1, 0.15) is 0 Å². The molecule has 4 nitrogen and oxygen atoms in total. The number of aliphatic hydroxyl groups excluding tert-OH is 2. The molecule has 2 N–H and O–H groups in total. The summed E-state index contributed by atoms with van der Waals surface area (Å²) in [6.45, 7) is 25.3. The Morgan fingerprint density at radius 2 is 1.39 bits per heavy atom. The molecule has 0 aromatic carbocycles. The fraction of sp³-hybridized carbons (Fsp3) is 0.852. The molecular weight excluding hydrogens is 388 g/mol. The Morgan fingerprint density at radius 3 is 1.55 bits per heavy atom. The highest BCUT2D eigenvalue weighted by molar-refractivity contribution is 6.22. The van der Waals surface area contributed by atoms with E-state index in [0.717, 1.165) is 38.2 Å². The van der Waals surface area contributed by atoms with Crippen molar-refractivity contribution in [1.82, 2.24) is 0 Å². The summed E-state index contributed by atoms with van der Waals surface area (Å²) in [4.78, 5) is 23.0. The molecule has 0 spiro atoms. The molecule has 4 heteroatoms. The molecule has 0 heterocycles. The van der Waals surface area contributed by atoms with E-state index in [9.17, 15) is 9.59 Å². The first-order chi connectivity index (χ1) is 14.5. The molecule has 1 aliphatic rings. The van der Waals surface area contributed by atoms with Crippen LogP contribution in [-0.4, -0.2) is 35.5 Å². The summed E-state index contributed by atoms with van der Waals surface area (Å²) in [7, 11) is 1.00. The van der Waals surface area contributed by atoms with E-state index in [4.69, 9.17) is 10.2 Å². The smallest absolute Gasteiger partial charge is 0.168 e. The van der Waals surface area contributed by atoms with Gasteiger partial charge in [-0.1, -0.05) is 102 Å². The Hall–Kier alpha value is -1.00. The van der Waals surface area contributed by atoms with Crippen LogP contribution in [0.3, 0.4) is 0 Å². The lowest BCUT2D eigenvalue weighted by molar-refractivity contribution is -0.123. The molecule has 0 fully saturated rings. The summed E-state index contributed by atoms with van der Waals surface area (Å²) in [6, 6.07) is 0. The first-order valence-corrected chi connectivity index (χ1v) is 12.3. The van der Waals surface area contributed by atoms with Gasteiger partial charge in [0, 0.05) is 26.1 Å². The molecule has 0 aromatic rings. The lowest BCUT2D eigenvalue weighted by atomic mass is 9.96. The zero-order valence-corrected chi connectivity index (χ0v) is 23.3. The monoisotopic (exact) mass is 446 g/mol. The van der Waals surface area contributed by atoms with Gasteiger partial charge in [0.05, 0.1) is 5.57 Å². The van der Waals surface area contributed by atoms with Crippen LogP contribution in [-0.2, 0) is 9.59 Å². The molecule has 0 aromatic heterocycles. The molecule has 2 unspecified atom stereocenters. The summed E-state index contributed by atoms with van der Waals surface area (Å²) in [5.41, 5.74) is 0.446. The van der Waals surface area contributed by atoms with Gasteiger partial charge in [-0.25, -0.2) is 0 Å². The summed E-state index contributed by atoms with van der Waals surface area (Å²) >= 11 is 0. The Bertz CT molecular complexity index is 393. The van der Waals surface area contributed by atoms with Crippen molar-refractivity contribution >= 4 is 11.6 Å². The predicted molar refractivity (Wildman–Crippen MR) is 138 cm³/mol. The number of unbranched alkanes of at least 4 members (excludes halogenated alkanes) is 1. The minimum atomic E-state index is -0.0134. The molecule has 1 aliphatic carbocycles. The van der Waals surface area contributed by atoms with E-state index in [1.807, 2.05) is 40.7 Å². The quantitative estimate of drug-likeness (QED) is 0.421. The van der Waals surface area contributed by atoms with Crippen LogP contribution in [0, 0.1) is 23.7 Å². The minimum absolute atomic E-state index is 0.0134. The molecule has 31 heavy (non-hydrogen) atoms. The molecule has 0 radical (unpaired) electrons. The van der Waals surface area contributed by atoms with Crippen LogP contribution >= 0.6 is 0 Å². The summed E-state index contributed by atoms with van der Waals surface area (Å²) in [6.07, 6.45) is 6.47. The van der Waals surface area contributed by atoms with E-state index in [0.29, 0.717) is 18.6 Å². The number of hydrogen-bond acceptors (Lipinski definition) is 4. The van der Waals surface area contributed by atoms with E-state index >= 15 is 0 Å². The number of allylic oxidation sites excluding steroid dienone is 2. The molecule has 0 bridgehead atoms. The molecule has 190 valence electrons. The third-order valence-corrected chi connectivity index (χ3v) is 3.91. The van der Waals surface area contributed by atoms with Crippen molar-refractivity contribution in [1.29, 1.82) is 0 Å². The maximum Gasteiger partial charge on any atom is 0.168 e. The zero-order chi connectivity index (χ0) is 26.0. The van der Waals surface area contributed by atoms with E-state index in [1.165, 1.54) is 6.42 Å². The predicted octanol–water partition coefficient (Wildman–Crippen LogP) is 7.27. The van der Waals surface area contributed by atoms with Crippen molar-refractivity contribution in [2.75, 3.05) is 13.7 Å². The number of carbonyl (C=O) groups excluding carboxylic acids is 2. The minimum Gasteiger partial charge on any atom is -0.400 e. The van der Waals surface area contributed by atoms with Crippen molar-refractivity contribution in [3.63, 3.8) is 0 Å². The lowest BCUT2D eigenvalue weighted by Gasteiger charge is -2.06. The molecule has 1 rings (SSSR count). The highest BCUT2D eigenvalue weighted by Crippen LogP contribution is 2.23. The van der Waals surface area contributed by atoms with Crippen molar-refractivity contribution in [2.45, 2.75) is 115 Å². The summed E-state index contributed by atoms with van der Waals surface area (Å²) in [5.74, 6) is 2.00. The van der Waals surface area contributed by atoms with Gasteiger partial charge in [-0.05, 0) is 30.6 Å². The van der Waals surface area contributed by atoms with Gasteiger partial charge in [0.25, 0.3) is 0 Å². The van der Waals surface area contributed by atoms with Crippen LogP contribution in [0.15, 0.2) is 11.6 Å². The Morgan fingerprint density at radius 1 is 1.00 bits per heavy atom. The SMILES string of the molecule is CC.CC(C)C.CCC(C)C.CCC(C)C(=O)C1=CC(C)CC1=O.CCCCO.CO. The molecule has 0 amide bonds. The second-order valence-corrected chi connectivity index (χ2v) is 8.47. The van der Waals surface area contributed by atoms with Crippen LogP contribution in [0.25, 0.3) is 0 Å². The van der Waals surface area contributed by atoms with Crippen LogP contribution in [0.4, 0.5) is 0 Å². The van der Waals surface area contributed by atoms with Crippen molar-refractivity contribution in [3.05, 3.63) is 11.6 Å². The fourth-order valence-electron chi connectivity index (χ4n) is 1.67. The van der Waals surface area contributed by atoms with E-state index < -0.39 is 0 Å². The largest absolute Gasteiger partial charge is 0.400 e. The Balaban J connectivity index is -0.000000105. The number of aliphatic hydroxyl groups is 2. The van der Waals surface area contributed by atoms with E-state index in [-0.39, 0.29) is 23.4 Å². The highest BCUT2D eigenvalue weighted by Gasteiger charge is 2.28. The number of ketones is 2. The average Bonchev–Trinajstić information content (AvgIpc) is 3.08. The first kappa shape index (κ1) is 40.4. The third kappa shape index (κ3) is 33.8. The summed E-state index contributed by atoms with van der Waals surface area (Å²) in [5, 5.41) is 15.1. The van der Waals surface area contributed by atoms with E-state index in [2.05, 4.69) is 48.5 Å². The molecular formula is C27H58O4. The fourth-order valence-corrected chi connectivity index (χ4v) is 1.67. The Labute approximate surface area is 195 Å². The van der Waals surface area contributed by atoms with Crippen LogP contribution in [0.1, 0.15) is 115 Å². The Kier molecular flexibility index (Phi) is 40.6. The lowest BCUT2D eigenvalue weighted by Crippen LogP contribution is -2.16. The van der Waals surface area contributed by atoms with E-state index in [1.54, 1.807) is 0 Å². The molecule has 2 atom stereocenters. The molecule has 0 saturated heterocycles. The van der Waals surface area contributed by atoms with Gasteiger partial charge in [-0.2, -0.15) is 0 Å². The molecule has 0 aliphatic heterocycles. The number of hydrogen-bond donors (Lipinski definition) is 2. The number of Topliss-reactive ketones (excluding diaryl/α,β-unsaturated/α-hetero) is 2. The normalized spacial score (nSPS) is 14.7. The third-order valence-electron chi connectivity index (χ3n) is 3.91.